The van der Waals surface area contributed by atoms with Crippen LogP contribution in [0.1, 0.15) is 43.2 Å². The molecule has 3 N–H and O–H groups in total. The lowest BCUT2D eigenvalue weighted by Crippen LogP contribution is -2.23. The van der Waals surface area contributed by atoms with Crippen LogP contribution in [0.25, 0.3) is 11.3 Å². The lowest BCUT2D eigenvalue weighted by Gasteiger charge is -2.13. The topological polar surface area (TPSA) is 148 Å². The molecular formula is C25H27N5O5S. The summed E-state index contributed by atoms with van der Waals surface area (Å²) in [5.41, 5.74) is 10.2. The van der Waals surface area contributed by atoms with Gasteiger partial charge in [0.05, 0.1) is 27.7 Å². The molecule has 0 saturated carbocycles. The number of nitrogens with two attached hydrogens (primary N) is 1. The Kier molecular flexibility index (Phi) is 6.93. The van der Waals surface area contributed by atoms with Gasteiger partial charge in [-0.05, 0) is 37.1 Å². The van der Waals surface area contributed by atoms with Gasteiger partial charge in [0.1, 0.15) is 11.5 Å². The second-order valence-corrected chi connectivity index (χ2v) is 11.3. The molecule has 1 aliphatic rings. The minimum Gasteiger partial charge on any atom is -0.465 e. The number of carbonyl (C=O) groups is 1. The zero-order valence-corrected chi connectivity index (χ0v) is 20.9. The van der Waals surface area contributed by atoms with Crippen molar-refractivity contribution < 1.29 is 23.2 Å². The fraction of sp³-hybridized carbons (Fsp3) is 0.280. The summed E-state index contributed by atoms with van der Waals surface area (Å²) >= 11 is 0. The number of hydrogen-bond donors (Lipinski definition) is 2. The highest BCUT2D eigenvalue weighted by atomic mass is 32.2. The molecule has 1 atom stereocenters. The standard InChI is InChI=1S/C25H27N5O5S/c1-15(2)36(33,34)19-10-8-18(9-11-19)21-13-27-24(26)23(28-21)22-12-20(29-35-22)17-6-4-16(5-7-17)14-30(3)25(31)32/h4-11,13,15,22H,12,14H2,1-3H3,(H2,26,27)(H,31,32). The van der Waals surface area contributed by atoms with E-state index >= 15 is 0 Å². The lowest BCUT2D eigenvalue weighted by molar-refractivity contribution is 0.0830. The van der Waals surface area contributed by atoms with Crippen LogP contribution in [0, 0.1) is 0 Å². The molecule has 1 unspecified atom stereocenters. The summed E-state index contributed by atoms with van der Waals surface area (Å²) in [5.74, 6) is 0.228. The Morgan fingerprint density at radius 2 is 1.78 bits per heavy atom. The maximum absolute atomic E-state index is 12.4. The van der Waals surface area contributed by atoms with E-state index in [0.29, 0.717) is 29.1 Å². The van der Waals surface area contributed by atoms with Crippen LogP contribution < -0.4 is 5.73 Å². The van der Waals surface area contributed by atoms with Crippen molar-refractivity contribution in [3.63, 3.8) is 0 Å². The van der Waals surface area contributed by atoms with Crippen molar-refractivity contribution in [3.05, 3.63) is 71.5 Å². The minimum atomic E-state index is -3.37. The van der Waals surface area contributed by atoms with E-state index in [4.69, 9.17) is 15.7 Å². The molecule has 0 saturated heterocycles. The number of nitrogen functional groups attached to an aromatic ring is 1. The highest BCUT2D eigenvalue weighted by Crippen LogP contribution is 2.32. The van der Waals surface area contributed by atoms with E-state index in [1.165, 1.54) is 18.1 Å². The summed E-state index contributed by atoms with van der Waals surface area (Å²) in [7, 11) is -1.86. The third-order valence-corrected chi connectivity index (χ3v) is 8.11. The summed E-state index contributed by atoms with van der Waals surface area (Å²) < 4.78 is 24.8. The van der Waals surface area contributed by atoms with Crippen molar-refractivity contribution in [2.45, 2.75) is 43.1 Å². The van der Waals surface area contributed by atoms with Crippen molar-refractivity contribution in [1.29, 1.82) is 0 Å². The first-order valence-corrected chi connectivity index (χ1v) is 12.8. The van der Waals surface area contributed by atoms with Crippen LogP contribution in [0.4, 0.5) is 10.6 Å². The Balaban J connectivity index is 1.50. The number of sulfone groups is 1. The zero-order valence-electron chi connectivity index (χ0n) is 20.1. The number of benzene rings is 2. The predicted octanol–water partition coefficient (Wildman–Crippen LogP) is 3.88. The van der Waals surface area contributed by atoms with Gasteiger partial charge < -0.3 is 20.6 Å². The molecule has 10 nitrogen and oxygen atoms in total. The quantitative estimate of drug-likeness (QED) is 0.487. The van der Waals surface area contributed by atoms with E-state index in [0.717, 1.165) is 11.1 Å². The fourth-order valence-corrected chi connectivity index (χ4v) is 4.77. The number of anilines is 1. The van der Waals surface area contributed by atoms with Crippen LogP contribution in [-0.4, -0.2) is 52.5 Å². The monoisotopic (exact) mass is 509 g/mol. The minimum absolute atomic E-state index is 0.228. The van der Waals surface area contributed by atoms with Crippen molar-refractivity contribution in [2.24, 2.45) is 5.16 Å². The summed E-state index contributed by atoms with van der Waals surface area (Å²) in [6.07, 6.45) is 0.454. The Morgan fingerprint density at radius 1 is 1.14 bits per heavy atom. The van der Waals surface area contributed by atoms with E-state index < -0.39 is 27.3 Å². The molecule has 188 valence electrons. The maximum atomic E-state index is 12.4. The van der Waals surface area contributed by atoms with Crippen LogP contribution in [0.5, 0.6) is 0 Å². The molecule has 0 radical (unpaired) electrons. The molecule has 11 heteroatoms. The summed E-state index contributed by atoms with van der Waals surface area (Å²) in [5, 5.41) is 12.7. The van der Waals surface area contributed by atoms with Gasteiger partial charge in [0.2, 0.25) is 0 Å². The summed E-state index contributed by atoms with van der Waals surface area (Å²) in [4.78, 5) is 27.0. The number of nitrogens with zero attached hydrogens (tertiary/aromatic N) is 4. The summed E-state index contributed by atoms with van der Waals surface area (Å²) in [6, 6.07) is 14.0. The number of amides is 1. The van der Waals surface area contributed by atoms with Crippen LogP contribution in [0.15, 0.2) is 64.8 Å². The third kappa shape index (κ3) is 5.15. The van der Waals surface area contributed by atoms with Gasteiger partial charge in [0.15, 0.2) is 15.9 Å². The molecule has 3 aromatic rings. The Hall–Kier alpha value is -3.99. The van der Waals surface area contributed by atoms with E-state index in [1.807, 2.05) is 24.3 Å². The number of oxime groups is 1. The van der Waals surface area contributed by atoms with Crippen molar-refractivity contribution in [2.75, 3.05) is 12.8 Å². The lowest BCUT2D eigenvalue weighted by atomic mass is 10.0. The van der Waals surface area contributed by atoms with Crippen LogP contribution >= 0.6 is 0 Å². The van der Waals surface area contributed by atoms with E-state index in [2.05, 4.69) is 15.1 Å². The van der Waals surface area contributed by atoms with Gasteiger partial charge in [-0.3, -0.25) is 0 Å². The van der Waals surface area contributed by atoms with Crippen molar-refractivity contribution >= 4 is 27.5 Å². The van der Waals surface area contributed by atoms with E-state index in [9.17, 15) is 13.2 Å². The van der Waals surface area contributed by atoms with Gasteiger partial charge in [-0.2, -0.15) is 0 Å². The molecule has 1 aliphatic heterocycles. The van der Waals surface area contributed by atoms with Gasteiger partial charge in [-0.25, -0.2) is 23.2 Å². The number of rotatable bonds is 7. The van der Waals surface area contributed by atoms with Gasteiger partial charge in [0, 0.05) is 25.6 Å². The fourth-order valence-electron chi connectivity index (χ4n) is 3.71. The third-order valence-electron chi connectivity index (χ3n) is 5.94. The molecule has 36 heavy (non-hydrogen) atoms. The number of aromatic nitrogens is 2. The Labute approximate surface area is 209 Å². The molecule has 0 bridgehead atoms. The first-order valence-electron chi connectivity index (χ1n) is 11.3. The van der Waals surface area contributed by atoms with E-state index in [1.54, 1.807) is 38.1 Å². The number of carboxylic acid groups (broad SMARTS) is 1. The van der Waals surface area contributed by atoms with Crippen LogP contribution in [0.2, 0.25) is 0 Å². The summed E-state index contributed by atoms with van der Waals surface area (Å²) in [6.45, 7) is 3.57. The van der Waals surface area contributed by atoms with Crippen molar-refractivity contribution in [3.8, 4) is 11.3 Å². The van der Waals surface area contributed by atoms with E-state index in [-0.39, 0.29) is 17.3 Å². The molecule has 0 spiro atoms. The molecule has 1 aromatic heterocycles. The SMILES string of the molecule is CC(C)S(=O)(=O)c1ccc(-c2cnc(N)c(C3CC(c4ccc(CN(C)C(=O)O)cc4)=NO3)n2)cc1. The molecule has 4 rings (SSSR count). The second kappa shape index (κ2) is 9.94. The van der Waals surface area contributed by atoms with Gasteiger partial charge >= 0.3 is 6.09 Å². The first kappa shape index (κ1) is 25.1. The second-order valence-electron chi connectivity index (χ2n) is 8.82. The smallest absolute Gasteiger partial charge is 0.407 e. The average Bonchev–Trinajstić information content (AvgIpc) is 3.35. The molecule has 0 aliphatic carbocycles. The zero-order chi connectivity index (χ0) is 26.0. The average molecular weight is 510 g/mol. The number of hydrogen-bond acceptors (Lipinski definition) is 8. The first-order chi connectivity index (χ1) is 17.1. The van der Waals surface area contributed by atoms with Gasteiger partial charge in [0.25, 0.3) is 0 Å². The van der Waals surface area contributed by atoms with Crippen LogP contribution in [-0.2, 0) is 21.2 Å². The molecular weight excluding hydrogens is 482 g/mol. The highest BCUT2D eigenvalue weighted by Gasteiger charge is 2.28. The Bertz CT molecular complexity index is 1400. The predicted molar refractivity (Wildman–Crippen MR) is 135 cm³/mol. The molecule has 0 fully saturated rings. The van der Waals surface area contributed by atoms with Crippen molar-refractivity contribution in [1.82, 2.24) is 14.9 Å². The maximum Gasteiger partial charge on any atom is 0.407 e. The van der Waals surface area contributed by atoms with Gasteiger partial charge in [-0.15, -0.1) is 0 Å². The molecule has 2 heterocycles. The highest BCUT2D eigenvalue weighted by molar-refractivity contribution is 7.92. The Morgan fingerprint density at radius 3 is 2.39 bits per heavy atom. The molecule has 2 aromatic carbocycles. The normalized spacial score (nSPS) is 15.4. The van der Waals surface area contributed by atoms with Crippen LogP contribution in [0.3, 0.4) is 0 Å². The molecule has 1 amide bonds. The largest absolute Gasteiger partial charge is 0.465 e. The van der Waals surface area contributed by atoms with Gasteiger partial charge in [-0.1, -0.05) is 41.6 Å².